The Morgan fingerprint density at radius 3 is 2.50 bits per heavy atom. The van der Waals surface area contributed by atoms with Crippen LogP contribution in [0.2, 0.25) is 0 Å². The molecule has 0 aliphatic rings. The van der Waals surface area contributed by atoms with Gasteiger partial charge in [0.1, 0.15) is 11.6 Å². The second-order valence-corrected chi connectivity index (χ2v) is 4.24. The summed E-state index contributed by atoms with van der Waals surface area (Å²) < 4.78 is 5.12. The molecule has 0 fully saturated rings. The molecule has 0 amide bonds. The highest BCUT2D eigenvalue weighted by Crippen LogP contribution is 2.25. The fraction of sp³-hybridized carbons (Fsp3) is 0.214. The van der Waals surface area contributed by atoms with Crippen LogP contribution in [0, 0.1) is 6.92 Å². The normalized spacial score (nSPS) is 12.2. The van der Waals surface area contributed by atoms with E-state index in [1.807, 2.05) is 37.3 Å². The first-order valence-corrected chi connectivity index (χ1v) is 5.73. The van der Waals surface area contributed by atoms with Crippen LogP contribution in [-0.2, 0) is 0 Å². The molecule has 0 bridgehead atoms. The van der Waals surface area contributed by atoms with Crippen LogP contribution in [0.5, 0.6) is 5.75 Å². The minimum Gasteiger partial charge on any atom is -0.497 e. The number of rotatable bonds is 3. The van der Waals surface area contributed by atoms with E-state index in [9.17, 15) is 0 Å². The van der Waals surface area contributed by atoms with Crippen molar-refractivity contribution in [2.24, 2.45) is 5.73 Å². The first-order chi connectivity index (χ1) is 8.61. The Kier molecular flexibility index (Phi) is 3.48. The summed E-state index contributed by atoms with van der Waals surface area (Å²) in [6.07, 6.45) is 1.74. The zero-order valence-corrected chi connectivity index (χ0v) is 10.6. The van der Waals surface area contributed by atoms with Gasteiger partial charge in [-0.25, -0.2) is 4.98 Å². The molecular weight excluding hydrogens is 226 g/mol. The zero-order chi connectivity index (χ0) is 13.1. The second kappa shape index (κ2) is 5.06. The minimum absolute atomic E-state index is 0.275. The molecule has 0 spiro atoms. The van der Waals surface area contributed by atoms with Crippen molar-refractivity contribution in [1.29, 1.82) is 0 Å². The van der Waals surface area contributed by atoms with Gasteiger partial charge in [-0.1, -0.05) is 12.1 Å². The third-order valence-corrected chi connectivity index (χ3v) is 2.90. The van der Waals surface area contributed by atoms with E-state index in [0.717, 1.165) is 22.4 Å². The molecule has 4 heteroatoms. The SMILES string of the molecule is COc1ccc(C(N)c2cc(C)cnc2N)cc1. The number of pyridine rings is 1. The number of hydrogen-bond acceptors (Lipinski definition) is 4. The van der Waals surface area contributed by atoms with Gasteiger partial charge in [0, 0.05) is 11.8 Å². The molecular formula is C14H17N3O. The molecule has 0 aliphatic carbocycles. The van der Waals surface area contributed by atoms with E-state index in [-0.39, 0.29) is 6.04 Å². The maximum atomic E-state index is 6.22. The average molecular weight is 243 g/mol. The van der Waals surface area contributed by atoms with Gasteiger partial charge in [-0.3, -0.25) is 0 Å². The van der Waals surface area contributed by atoms with Gasteiger partial charge < -0.3 is 16.2 Å². The summed E-state index contributed by atoms with van der Waals surface area (Å²) >= 11 is 0. The third-order valence-electron chi connectivity index (χ3n) is 2.90. The van der Waals surface area contributed by atoms with Crippen molar-refractivity contribution in [2.45, 2.75) is 13.0 Å². The molecule has 0 radical (unpaired) electrons. The quantitative estimate of drug-likeness (QED) is 0.865. The second-order valence-electron chi connectivity index (χ2n) is 4.24. The molecule has 0 saturated carbocycles. The molecule has 0 aliphatic heterocycles. The standard InChI is InChI=1S/C14H17N3O/c1-9-7-12(14(16)17-8-9)13(15)10-3-5-11(18-2)6-4-10/h3-8,13H,15H2,1-2H3,(H2,16,17). The lowest BCUT2D eigenvalue weighted by Gasteiger charge is -2.15. The summed E-state index contributed by atoms with van der Waals surface area (Å²) in [6.45, 7) is 1.97. The smallest absolute Gasteiger partial charge is 0.128 e. The van der Waals surface area contributed by atoms with E-state index in [1.165, 1.54) is 0 Å². The van der Waals surface area contributed by atoms with Gasteiger partial charge in [0.25, 0.3) is 0 Å². The van der Waals surface area contributed by atoms with Gasteiger partial charge in [-0.2, -0.15) is 0 Å². The first kappa shape index (κ1) is 12.4. The zero-order valence-electron chi connectivity index (χ0n) is 10.6. The number of nitrogens with zero attached hydrogens (tertiary/aromatic N) is 1. The number of aryl methyl sites for hydroxylation is 1. The lowest BCUT2D eigenvalue weighted by atomic mass is 9.99. The van der Waals surface area contributed by atoms with E-state index >= 15 is 0 Å². The molecule has 2 rings (SSSR count). The molecule has 94 valence electrons. The van der Waals surface area contributed by atoms with Gasteiger partial charge in [0.05, 0.1) is 13.2 Å². The Hall–Kier alpha value is -2.07. The van der Waals surface area contributed by atoms with Gasteiger partial charge in [0.2, 0.25) is 0 Å². The highest BCUT2D eigenvalue weighted by molar-refractivity contribution is 5.47. The minimum atomic E-state index is -0.275. The van der Waals surface area contributed by atoms with Crippen molar-refractivity contribution < 1.29 is 4.74 Å². The molecule has 1 aromatic heterocycles. The topological polar surface area (TPSA) is 74.2 Å². The van der Waals surface area contributed by atoms with Crippen molar-refractivity contribution >= 4 is 5.82 Å². The summed E-state index contributed by atoms with van der Waals surface area (Å²) in [4.78, 5) is 4.13. The van der Waals surface area contributed by atoms with Crippen LogP contribution >= 0.6 is 0 Å². The maximum absolute atomic E-state index is 6.22. The summed E-state index contributed by atoms with van der Waals surface area (Å²) in [7, 11) is 1.64. The molecule has 1 unspecified atom stereocenters. The Morgan fingerprint density at radius 1 is 1.22 bits per heavy atom. The van der Waals surface area contributed by atoms with Gasteiger partial charge in [0.15, 0.2) is 0 Å². The van der Waals surface area contributed by atoms with Crippen LogP contribution in [0.4, 0.5) is 5.82 Å². The number of nitrogens with two attached hydrogens (primary N) is 2. The number of hydrogen-bond donors (Lipinski definition) is 2. The highest BCUT2D eigenvalue weighted by Gasteiger charge is 2.13. The molecule has 2 aromatic rings. The van der Waals surface area contributed by atoms with Crippen LogP contribution in [0.1, 0.15) is 22.7 Å². The van der Waals surface area contributed by atoms with Crippen molar-refractivity contribution in [1.82, 2.24) is 4.98 Å². The van der Waals surface area contributed by atoms with Crippen LogP contribution in [-0.4, -0.2) is 12.1 Å². The largest absolute Gasteiger partial charge is 0.497 e. The van der Waals surface area contributed by atoms with Crippen molar-refractivity contribution in [2.75, 3.05) is 12.8 Å². The van der Waals surface area contributed by atoms with Crippen LogP contribution in [0.3, 0.4) is 0 Å². The number of ether oxygens (including phenoxy) is 1. The Balaban J connectivity index is 2.34. The summed E-state index contributed by atoms with van der Waals surface area (Å²) in [6, 6.07) is 9.33. The molecule has 0 saturated heterocycles. The number of nitrogen functional groups attached to an aromatic ring is 1. The van der Waals surface area contributed by atoms with Gasteiger partial charge in [-0.15, -0.1) is 0 Å². The van der Waals surface area contributed by atoms with E-state index in [2.05, 4.69) is 4.98 Å². The van der Waals surface area contributed by atoms with Crippen molar-refractivity contribution in [3.05, 3.63) is 53.2 Å². The summed E-state index contributed by atoms with van der Waals surface area (Å²) in [5.41, 5.74) is 15.0. The van der Waals surface area contributed by atoms with E-state index in [4.69, 9.17) is 16.2 Å². The molecule has 18 heavy (non-hydrogen) atoms. The fourth-order valence-corrected chi connectivity index (χ4v) is 1.84. The maximum Gasteiger partial charge on any atom is 0.128 e. The lowest BCUT2D eigenvalue weighted by Crippen LogP contribution is -2.14. The van der Waals surface area contributed by atoms with Crippen LogP contribution in [0.15, 0.2) is 36.5 Å². The Bertz CT molecular complexity index is 537. The molecule has 1 heterocycles. The lowest BCUT2D eigenvalue weighted by molar-refractivity contribution is 0.414. The summed E-state index contributed by atoms with van der Waals surface area (Å²) in [5.74, 6) is 1.28. The Labute approximate surface area is 107 Å². The predicted octanol–water partition coefficient (Wildman–Crippen LogP) is 2.03. The van der Waals surface area contributed by atoms with Crippen LogP contribution < -0.4 is 16.2 Å². The van der Waals surface area contributed by atoms with Gasteiger partial charge >= 0.3 is 0 Å². The molecule has 4 N–H and O–H groups in total. The van der Waals surface area contributed by atoms with Crippen LogP contribution in [0.25, 0.3) is 0 Å². The van der Waals surface area contributed by atoms with E-state index < -0.39 is 0 Å². The monoisotopic (exact) mass is 243 g/mol. The van der Waals surface area contributed by atoms with E-state index in [1.54, 1.807) is 13.3 Å². The molecule has 1 aromatic carbocycles. The fourth-order valence-electron chi connectivity index (χ4n) is 1.84. The van der Waals surface area contributed by atoms with Crippen molar-refractivity contribution in [3.8, 4) is 5.75 Å². The van der Waals surface area contributed by atoms with E-state index in [0.29, 0.717) is 5.82 Å². The molecule has 4 nitrogen and oxygen atoms in total. The number of aromatic nitrogens is 1. The summed E-state index contributed by atoms with van der Waals surface area (Å²) in [5, 5.41) is 0. The first-order valence-electron chi connectivity index (χ1n) is 5.73. The predicted molar refractivity (Wildman–Crippen MR) is 72.4 cm³/mol. The Morgan fingerprint density at radius 2 is 1.89 bits per heavy atom. The highest BCUT2D eigenvalue weighted by atomic mass is 16.5. The van der Waals surface area contributed by atoms with Crippen molar-refractivity contribution in [3.63, 3.8) is 0 Å². The average Bonchev–Trinajstić information content (AvgIpc) is 2.41. The number of benzene rings is 1. The number of methoxy groups -OCH3 is 1. The number of anilines is 1. The third kappa shape index (κ3) is 2.43. The van der Waals surface area contributed by atoms with Gasteiger partial charge in [-0.05, 0) is 36.2 Å². The molecule has 1 atom stereocenters.